The van der Waals surface area contributed by atoms with E-state index in [1.807, 2.05) is 29.2 Å². The number of aryl methyl sites for hydroxylation is 1. The Morgan fingerprint density at radius 1 is 1.03 bits per heavy atom. The van der Waals surface area contributed by atoms with Crippen molar-refractivity contribution in [1.29, 1.82) is 0 Å². The van der Waals surface area contributed by atoms with Crippen LogP contribution in [0.15, 0.2) is 54.7 Å². The highest BCUT2D eigenvalue weighted by atomic mass is 32.1. The van der Waals surface area contributed by atoms with Gasteiger partial charge in [-0.25, -0.2) is 15.0 Å². The summed E-state index contributed by atoms with van der Waals surface area (Å²) in [4.78, 5) is 29.2. The number of nitrogens with two attached hydrogens (primary N) is 1. The highest BCUT2D eigenvalue weighted by molar-refractivity contribution is 7.21. The van der Waals surface area contributed by atoms with E-state index in [1.165, 1.54) is 16.9 Å². The van der Waals surface area contributed by atoms with E-state index in [0.29, 0.717) is 29.6 Å². The van der Waals surface area contributed by atoms with Gasteiger partial charge in [-0.1, -0.05) is 29.0 Å². The summed E-state index contributed by atoms with van der Waals surface area (Å²) in [6, 6.07) is 15.7. The third-order valence-electron chi connectivity index (χ3n) is 5.65. The molecule has 1 fully saturated rings. The molecule has 0 saturated carbocycles. The number of nitrogens with one attached hydrogen (secondary N) is 2. The normalized spacial score (nSPS) is 14.4. The SMILES string of the molecule is Cc1ccc(Nc2ccc3nc(Nc4cc(C(=O)N5CCC(N)CC5)ccn4)sc3n2)cc1. The Kier molecular flexibility index (Phi) is 5.89. The maximum atomic E-state index is 12.9. The number of likely N-dealkylation sites (tertiary alicyclic amines) is 1. The number of amides is 1. The summed E-state index contributed by atoms with van der Waals surface area (Å²) in [5, 5.41) is 7.21. The number of hydrogen-bond acceptors (Lipinski definition) is 8. The highest BCUT2D eigenvalue weighted by Crippen LogP contribution is 2.28. The van der Waals surface area contributed by atoms with Crippen molar-refractivity contribution >= 4 is 50.0 Å². The minimum atomic E-state index is 0.00476. The van der Waals surface area contributed by atoms with Crippen LogP contribution < -0.4 is 16.4 Å². The number of carbonyl (C=O) groups excluding carboxylic acids is 1. The predicted molar refractivity (Wildman–Crippen MR) is 133 cm³/mol. The number of hydrogen-bond donors (Lipinski definition) is 3. The number of thiazole rings is 1. The zero-order valence-electron chi connectivity index (χ0n) is 18.3. The third kappa shape index (κ3) is 4.94. The molecule has 0 radical (unpaired) electrons. The Bertz CT molecular complexity index is 1280. The Morgan fingerprint density at radius 3 is 2.61 bits per heavy atom. The maximum absolute atomic E-state index is 12.9. The molecule has 0 aliphatic carbocycles. The van der Waals surface area contributed by atoms with Crippen molar-refractivity contribution in [3.05, 3.63) is 65.9 Å². The molecule has 4 N–H and O–H groups in total. The Balaban J connectivity index is 1.30. The highest BCUT2D eigenvalue weighted by Gasteiger charge is 2.22. The smallest absolute Gasteiger partial charge is 0.254 e. The molecule has 4 aromatic rings. The van der Waals surface area contributed by atoms with Gasteiger partial charge in [-0.3, -0.25) is 4.79 Å². The van der Waals surface area contributed by atoms with Gasteiger partial charge in [-0.2, -0.15) is 0 Å². The van der Waals surface area contributed by atoms with E-state index in [9.17, 15) is 4.79 Å². The molecule has 0 atom stereocenters. The summed E-state index contributed by atoms with van der Waals surface area (Å²) in [5.41, 5.74) is 9.55. The summed E-state index contributed by atoms with van der Waals surface area (Å²) in [7, 11) is 0. The number of benzene rings is 1. The molecule has 0 spiro atoms. The molecule has 1 amide bonds. The average molecular weight is 460 g/mol. The van der Waals surface area contributed by atoms with Gasteiger partial charge >= 0.3 is 0 Å². The van der Waals surface area contributed by atoms with Crippen molar-refractivity contribution in [3.8, 4) is 0 Å². The Morgan fingerprint density at radius 2 is 1.82 bits per heavy atom. The van der Waals surface area contributed by atoms with Crippen LogP contribution in [0.1, 0.15) is 28.8 Å². The molecular weight excluding hydrogens is 434 g/mol. The van der Waals surface area contributed by atoms with Gasteiger partial charge in [0.25, 0.3) is 5.91 Å². The van der Waals surface area contributed by atoms with E-state index in [0.717, 1.165) is 34.7 Å². The number of anilines is 4. The zero-order chi connectivity index (χ0) is 22.8. The molecule has 9 heteroatoms. The van der Waals surface area contributed by atoms with Crippen molar-refractivity contribution in [2.45, 2.75) is 25.8 Å². The van der Waals surface area contributed by atoms with Gasteiger partial charge in [0, 0.05) is 36.6 Å². The first kappa shape index (κ1) is 21.3. The minimum absolute atomic E-state index is 0.00476. The van der Waals surface area contributed by atoms with Crippen LogP contribution >= 0.6 is 11.3 Å². The number of piperidine rings is 1. The lowest BCUT2D eigenvalue weighted by Gasteiger charge is -2.30. The lowest BCUT2D eigenvalue weighted by molar-refractivity contribution is 0.0714. The van der Waals surface area contributed by atoms with Crippen LogP contribution in [0, 0.1) is 6.92 Å². The first-order valence-corrected chi connectivity index (χ1v) is 11.7. The summed E-state index contributed by atoms with van der Waals surface area (Å²) < 4.78 is 0. The topological polar surface area (TPSA) is 109 Å². The number of fused-ring (bicyclic) bond motifs is 1. The van der Waals surface area contributed by atoms with E-state index in [1.54, 1.807) is 18.3 Å². The van der Waals surface area contributed by atoms with Crippen LogP contribution in [0.25, 0.3) is 10.3 Å². The largest absolute Gasteiger partial charge is 0.340 e. The molecule has 33 heavy (non-hydrogen) atoms. The molecule has 0 unspecified atom stereocenters. The molecule has 0 bridgehead atoms. The maximum Gasteiger partial charge on any atom is 0.254 e. The second-order valence-electron chi connectivity index (χ2n) is 8.22. The van der Waals surface area contributed by atoms with Crippen LogP contribution in [0.4, 0.5) is 22.5 Å². The van der Waals surface area contributed by atoms with Crippen LogP contribution in [-0.2, 0) is 0 Å². The van der Waals surface area contributed by atoms with Crippen molar-refractivity contribution in [1.82, 2.24) is 19.9 Å². The predicted octanol–water partition coefficient (Wildman–Crippen LogP) is 4.45. The number of pyridine rings is 2. The first-order valence-electron chi connectivity index (χ1n) is 10.9. The molecule has 3 aromatic heterocycles. The fraction of sp³-hybridized carbons (Fsp3) is 0.250. The molecule has 4 heterocycles. The fourth-order valence-corrected chi connectivity index (χ4v) is 4.60. The average Bonchev–Trinajstić information content (AvgIpc) is 3.22. The molecule has 1 aliphatic rings. The van der Waals surface area contributed by atoms with Crippen molar-refractivity contribution < 1.29 is 4.79 Å². The van der Waals surface area contributed by atoms with E-state index < -0.39 is 0 Å². The van der Waals surface area contributed by atoms with Crippen molar-refractivity contribution in [2.75, 3.05) is 23.7 Å². The molecule has 168 valence electrons. The number of carbonyl (C=O) groups is 1. The van der Waals surface area contributed by atoms with Crippen molar-refractivity contribution in [2.24, 2.45) is 5.73 Å². The summed E-state index contributed by atoms with van der Waals surface area (Å²) in [6.07, 6.45) is 3.31. The minimum Gasteiger partial charge on any atom is -0.340 e. The van der Waals surface area contributed by atoms with Gasteiger partial charge < -0.3 is 21.3 Å². The molecule has 1 aromatic carbocycles. The number of nitrogens with zero attached hydrogens (tertiary/aromatic N) is 4. The molecule has 8 nitrogen and oxygen atoms in total. The van der Waals surface area contributed by atoms with E-state index in [-0.39, 0.29) is 11.9 Å². The number of rotatable bonds is 5. The van der Waals surface area contributed by atoms with Gasteiger partial charge in [0.2, 0.25) is 0 Å². The van der Waals surface area contributed by atoms with Gasteiger partial charge in [0.15, 0.2) is 5.13 Å². The number of aromatic nitrogens is 3. The zero-order valence-corrected chi connectivity index (χ0v) is 19.1. The van der Waals surface area contributed by atoms with Crippen LogP contribution in [0.5, 0.6) is 0 Å². The summed E-state index contributed by atoms with van der Waals surface area (Å²) in [6.45, 7) is 3.44. The van der Waals surface area contributed by atoms with E-state index >= 15 is 0 Å². The first-order chi connectivity index (χ1) is 16.0. The summed E-state index contributed by atoms with van der Waals surface area (Å²) in [5.74, 6) is 1.34. The van der Waals surface area contributed by atoms with Gasteiger partial charge in [0.1, 0.15) is 22.0 Å². The van der Waals surface area contributed by atoms with Crippen molar-refractivity contribution in [3.63, 3.8) is 0 Å². The van der Waals surface area contributed by atoms with E-state index in [4.69, 9.17) is 5.73 Å². The quantitative estimate of drug-likeness (QED) is 0.405. The third-order valence-corrected chi connectivity index (χ3v) is 6.53. The molecule has 1 saturated heterocycles. The van der Waals surface area contributed by atoms with Gasteiger partial charge in [-0.15, -0.1) is 0 Å². The second kappa shape index (κ2) is 9.13. The van der Waals surface area contributed by atoms with Crippen LogP contribution in [-0.4, -0.2) is 44.9 Å². The standard InChI is InChI=1S/C24H25N7OS/c1-15-2-4-18(5-3-15)27-20-7-6-19-22(29-20)33-24(28-19)30-21-14-16(8-11-26-21)23(32)31-12-9-17(25)10-13-31/h2-8,11,14,17H,9-10,12-13,25H2,1H3,(H,27,29)(H,26,28,30). The van der Waals surface area contributed by atoms with E-state index in [2.05, 4.69) is 44.6 Å². The summed E-state index contributed by atoms with van der Waals surface area (Å²) >= 11 is 1.44. The second-order valence-corrected chi connectivity index (χ2v) is 9.19. The molecular formula is C24H25N7OS. The molecule has 1 aliphatic heterocycles. The van der Waals surface area contributed by atoms with Gasteiger partial charge in [-0.05, 0) is 56.2 Å². The monoisotopic (exact) mass is 459 g/mol. The molecule has 5 rings (SSSR count). The van der Waals surface area contributed by atoms with Gasteiger partial charge in [0.05, 0.1) is 0 Å². The fourth-order valence-electron chi connectivity index (χ4n) is 3.75. The Labute approximate surface area is 195 Å². The van der Waals surface area contributed by atoms with Crippen LogP contribution in [0.3, 0.4) is 0 Å². The lowest BCUT2D eigenvalue weighted by atomic mass is 10.1. The van der Waals surface area contributed by atoms with Crippen LogP contribution in [0.2, 0.25) is 0 Å². The Hall–Kier alpha value is -3.56. The lowest BCUT2D eigenvalue weighted by Crippen LogP contribution is -2.42.